The first kappa shape index (κ1) is 18.2. The van der Waals surface area contributed by atoms with Crippen LogP contribution in [0.1, 0.15) is 38.6 Å². The van der Waals surface area contributed by atoms with Crippen LogP contribution >= 0.6 is 11.3 Å². The topological polar surface area (TPSA) is 47.6 Å². The number of rotatable bonds is 6. The molecule has 2 aromatic rings. The highest BCUT2D eigenvalue weighted by atomic mass is 32.1. The molecule has 4 nitrogen and oxygen atoms in total. The average molecular weight is 355 g/mol. The number of hydrogen-bond donors (Lipinski definition) is 1. The molecule has 0 radical (unpaired) electrons. The van der Waals surface area contributed by atoms with Gasteiger partial charge in [-0.1, -0.05) is 0 Å². The van der Waals surface area contributed by atoms with E-state index in [9.17, 15) is 13.6 Å². The molecule has 0 fully saturated rings. The number of carbonyl (C=O) groups is 1. The average Bonchev–Trinajstić information content (AvgIpc) is 2.85. The highest BCUT2D eigenvalue weighted by molar-refractivity contribution is 7.12. The van der Waals surface area contributed by atoms with Crippen LogP contribution in [0.3, 0.4) is 0 Å². The maximum Gasteiger partial charge on any atom is 0.387 e. The Morgan fingerprint density at radius 3 is 2.46 bits per heavy atom. The normalized spacial score (nSPS) is 12.1. The first-order valence-electron chi connectivity index (χ1n) is 7.32. The van der Waals surface area contributed by atoms with Crippen molar-refractivity contribution in [2.24, 2.45) is 0 Å². The number of nitrogens with one attached hydrogen (secondary N) is 1. The molecule has 130 valence electrons. The quantitative estimate of drug-likeness (QED) is 0.832. The largest absolute Gasteiger partial charge is 0.493 e. The molecular weight excluding hydrogens is 336 g/mol. The lowest BCUT2D eigenvalue weighted by Gasteiger charge is -2.15. The molecule has 0 spiro atoms. The molecule has 1 N–H and O–H groups in total. The van der Waals surface area contributed by atoms with Gasteiger partial charge in [0, 0.05) is 15.3 Å². The van der Waals surface area contributed by atoms with Crippen molar-refractivity contribution in [2.45, 2.75) is 33.4 Å². The molecule has 1 heterocycles. The maximum atomic E-state index is 12.5. The third-order valence-electron chi connectivity index (χ3n) is 3.54. The number of benzene rings is 1. The van der Waals surface area contributed by atoms with Crippen molar-refractivity contribution in [3.63, 3.8) is 0 Å². The van der Waals surface area contributed by atoms with Crippen molar-refractivity contribution in [2.75, 3.05) is 7.11 Å². The highest BCUT2D eigenvalue weighted by Gasteiger charge is 2.18. The van der Waals surface area contributed by atoms with E-state index in [0.29, 0.717) is 0 Å². The molecule has 1 amide bonds. The Hall–Kier alpha value is -2.15. The lowest BCUT2D eigenvalue weighted by molar-refractivity contribution is -0.0512. The summed E-state index contributed by atoms with van der Waals surface area (Å²) in [4.78, 5) is 14.7. The third-order valence-corrected chi connectivity index (χ3v) is 4.52. The summed E-state index contributed by atoms with van der Waals surface area (Å²) in [6.45, 7) is 2.89. The number of halogens is 2. The van der Waals surface area contributed by atoms with Crippen molar-refractivity contribution in [3.8, 4) is 11.5 Å². The lowest BCUT2D eigenvalue weighted by atomic mass is 10.1. The molecular formula is C17H19F2NO3S. The van der Waals surface area contributed by atoms with Crippen LogP contribution in [0.2, 0.25) is 0 Å². The molecule has 0 aliphatic heterocycles. The highest BCUT2D eigenvalue weighted by Crippen LogP contribution is 2.30. The summed E-state index contributed by atoms with van der Waals surface area (Å²) in [6.07, 6.45) is 0. The molecule has 2 rings (SSSR count). The first-order valence-corrected chi connectivity index (χ1v) is 8.14. The van der Waals surface area contributed by atoms with Gasteiger partial charge in [0.1, 0.15) is 0 Å². The fourth-order valence-corrected chi connectivity index (χ4v) is 3.47. The summed E-state index contributed by atoms with van der Waals surface area (Å²) in [5.74, 6) is -0.396. The molecule has 0 aliphatic rings. The van der Waals surface area contributed by atoms with E-state index in [-0.39, 0.29) is 29.0 Å². The molecule has 7 heteroatoms. The fraction of sp³-hybridized carbons (Fsp3) is 0.353. The zero-order chi connectivity index (χ0) is 17.9. The predicted octanol–water partition coefficient (Wildman–Crippen LogP) is 4.47. The van der Waals surface area contributed by atoms with E-state index in [4.69, 9.17) is 4.74 Å². The SMILES string of the molecule is COc1ccc(C(=O)N[C@H](C)c2cc(C)sc2C)cc1OC(F)F. The van der Waals surface area contributed by atoms with Gasteiger partial charge in [-0.3, -0.25) is 4.79 Å². The van der Waals surface area contributed by atoms with Crippen LogP contribution < -0.4 is 14.8 Å². The Kier molecular flexibility index (Phi) is 5.77. The van der Waals surface area contributed by atoms with Crippen LogP contribution in [0.15, 0.2) is 24.3 Å². The summed E-state index contributed by atoms with van der Waals surface area (Å²) in [7, 11) is 1.34. The van der Waals surface area contributed by atoms with Crippen LogP contribution in [-0.4, -0.2) is 19.6 Å². The Morgan fingerprint density at radius 2 is 1.92 bits per heavy atom. The van der Waals surface area contributed by atoms with Gasteiger partial charge >= 0.3 is 6.61 Å². The van der Waals surface area contributed by atoms with Crippen LogP contribution in [0, 0.1) is 13.8 Å². The van der Waals surface area contributed by atoms with Crippen molar-refractivity contribution in [1.29, 1.82) is 0 Å². The molecule has 24 heavy (non-hydrogen) atoms. The van der Waals surface area contributed by atoms with E-state index >= 15 is 0 Å². The smallest absolute Gasteiger partial charge is 0.387 e. The molecule has 0 saturated carbocycles. The van der Waals surface area contributed by atoms with Gasteiger partial charge in [0.05, 0.1) is 13.2 Å². The van der Waals surface area contributed by atoms with Crippen LogP contribution in [0.4, 0.5) is 8.78 Å². The third kappa shape index (κ3) is 4.23. The Labute approximate surface area is 143 Å². The van der Waals surface area contributed by atoms with Gasteiger partial charge in [-0.05, 0) is 50.6 Å². The van der Waals surface area contributed by atoms with Gasteiger partial charge < -0.3 is 14.8 Å². The number of ether oxygens (including phenoxy) is 2. The second kappa shape index (κ2) is 7.61. The molecule has 1 aromatic carbocycles. The second-order valence-corrected chi connectivity index (χ2v) is 6.77. The fourth-order valence-electron chi connectivity index (χ4n) is 2.44. The van der Waals surface area contributed by atoms with Gasteiger partial charge in [-0.25, -0.2) is 0 Å². The summed E-state index contributed by atoms with van der Waals surface area (Å²) in [5.41, 5.74) is 1.27. The van der Waals surface area contributed by atoms with Crippen molar-refractivity contribution < 1.29 is 23.0 Å². The monoisotopic (exact) mass is 355 g/mol. The number of methoxy groups -OCH3 is 1. The van der Waals surface area contributed by atoms with Crippen molar-refractivity contribution in [3.05, 3.63) is 45.1 Å². The summed E-state index contributed by atoms with van der Waals surface area (Å²) in [5, 5.41) is 2.87. The number of hydrogen-bond acceptors (Lipinski definition) is 4. The summed E-state index contributed by atoms with van der Waals surface area (Å²) in [6, 6.07) is 6.02. The van der Waals surface area contributed by atoms with E-state index in [1.807, 2.05) is 26.8 Å². The minimum Gasteiger partial charge on any atom is -0.493 e. The van der Waals surface area contributed by atoms with Crippen LogP contribution in [0.25, 0.3) is 0 Å². The maximum absolute atomic E-state index is 12.5. The number of carbonyl (C=O) groups excluding carboxylic acids is 1. The number of amides is 1. The van der Waals surface area contributed by atoms with Crippen LogP contribution in [-0.2, 0) is 0 Å². The van der Waals surface area contributed by atoms with E-state index in [1.54, 1.807) is 11.3 Å². The zero-order valence-corrected chi connectivity index (χ0v) is 14.7. The Balaban J connectivity index is 2.18. The molecule has 1 atom stereocenters. The molecule has 0 aliphatic carbocycles. The molecule has 0 bridgehead atoms. The minimum absolute atomic E-state index is 0.143. The molecule has 0 saturated heterocycles. The van der Waals surface area contributed by atoms with Crippen molar-refractivity contribution in [1.82, 2.24) is 5.32 Å². The summed E-state index contributed by atoms with van der Waals surface area (Å²) >= 11 is 1.66. The van der Waals surface area contributed by atoms with E-state index in [0.717, 1.165) is 10.4 Å². The second-order valence-electron chi connectivity index (χ2n) is 5.31. The van der Waals surface area contributed by atoms with E-state index in [2.05, 4.69) is 10.1 Å². The number of alkyl halides is 2. The van der Waals surface area contributed by atoms with Gasteiger partial charge in [0.2, 0.25) is 0 Å². The van der Waals surface area contributed by atoms with Gasteiger partial charge in [-0.2, -0.15) is 8.78 Å². The Bertz CT molecular complexity index is 731. The zero-order valence-electron chi connectivity index (χ0n) is 13.9. The van der Waals surface area contributed by atoms with Crippen LogP contribution in [0.5, 0.6) is 11.5 Å². The van der Waals surface area contributed by atoms with Gasteiger partial charge in [0.25, 0.3) is 5.91 Å². The predicted molar refractivity (Wildman–Crippen MR) is 89.3 cm³/mol. The molecule has 0 unspecified atom stereocenters. The number of thiophene rings is 1. The standard InChI is InChI=1S/C17H19F2NO3S/c1-9-7-13(11(3)24-9)10(2)20-16(21)12-5-6-14(22-4)15(8-12)23-17(18)19/h5-8,10,17H,1-4H3,(H,20,21)/t10-/m1/s1. The first-order chi connectivity index (χ1) is 11.3. The minimum atomic E-state index is -2.99. The number of aryl methyl sites for hydroxylation is 2. The Morgan fingerprint density at radius 1 is 1.21 bits per heavy atom. The van der Waals surface area contributed by atoms with E-state index < -0.39 is 6.61 Å². The van der Waals surface area contributed by atoms with E-state index in [1.165, 1.54) is 30.2 Å². The van der Waals surface area contributed by atoms with Gasteiger partial charge in [0.15, 0.2) is 11.5 Å². The summed E-state index contributed by atoms with van der Waals surface area (Å²) < 4.78 is 34.3. The van der Waals surface area contributed by atoms with Gasteiger partial charge in [-0.15, -0.1) is 11.3 Å². The molecule has 1 aromatic heterocycles. The van der Waals surface area contributed by atoms with Crippen molar-refractivity contribution >= 4 is 17.2 Å². The lowest BCUT2D eigenvalue weighted by Crippen LogP contribution is -2.26.